The number of carbonyl (C=O) groups excluding carboxylic acids is 1. The van der Waals surface area contributed by atoms with Gasteiger partial charge in [0, 0.05) is 0 Å². The third kappa shape index (κ3) is 6.75. The van der Waals surface area contributed by atoms with E-state index < -0.39 is 26.8 Å². The van der Waals surface area contributed by atoms with Crippen LogP contribution in [0.2, 0.25) is 0 Å². The molecule has 0 N–H and O–H groups in total. The number of carbonyl (C=O) groups is 1. The SMILES string of the molecule is CCCC[C@@H](C(=O)OC(C)(C)C)C(C)(C)CS(=O)(=O)c1ccc(C)cc1. The minimum absolute atomic E-state index is 0.0866. The molecule has 0 saturated carbocycles. The Labute approximate surface area is 159 Å². The highest BCUT2D eigenvalue weighted by Gasteiger charge is 2.40. The van der Waals surface area contributed by atoms with Gasteiger partial charge in [0.15, 0.2) is 9.84 Å². The molecule has 0 heterocycles. The normalized spacial score (nSPS) is 14.1. The fourth-order valence-electron chi connectivity index (χ4n) is 3.03. The van der Waals surface area contributed by atoms with E-state index in [1.165, 1.54) is 0 Å². The van der Waals surface area contributed by atoms with Crippen molar-refractivity contribution in [3.05, 3.63) is 29.8 Å². The van der Waals surface area contributed by atoms with Crippen molar-refractivity contribution in [3.63, 3.8) is 0 Å². The second-order valence-electron chi connectivity index (χ2n) is 8.79. The molecule has 0 unspecified atom stereocenters. The van der Waals surface area contributed by atoms with Crippen LogP contribution in [0.4, 0.5) is 0 Å². The maximum Gasteiger partial charge on any atom is 0.310 e. The van der Waals surface area contributed by atoms with Crippen LogP contribution in [0.5, 0.6) is 0 Å². The van der Waals surface area contributed by atoms with E-state index in [1.807, 2.05) is 41.5 Å². The first kappa shape index (κ1) is 22.7. The van der Waals surface area contributed by atoms with Crippen LogP contribution in [0.25, 0.3) is 0 Å². The molecule has 0 fully saturated rings. The highest BCUT2D eigenvalue weighted by atomic mass is 32.2. The van der Waals surface area contributed by atoms with Gasteiger partial charge >= 0.3 is 5.97 Å². The molecule has 0 spiro atoms. The van der Waals surface area contributed by atoms with E-state index in [0.717, 1.165) is 18.4 Å². The number of benzene rings is 1. The van der Waals surface area contributed by atoms with Gasteiger partial charge in [0.1, 0.15) is 5.60 Å². The van der Waals surface area contributed by atoms with Gasteiger partial charge in [0.2, 0.25) is 0 Å². The van der Waals surface area contributed by atoms with Crippen LogP contribution in [0.15, 0.2) is 29.2 Å². The predicted octanol–water partition coefficient (Wildman–Crippen LogP) is 4.94. The standard InChI is InChI=1S/C21H34O4S/c1-8-9-10-18(19(22)25-20(3,4)5)21(6,7)15-26(23,24)17-13-11-16(2)12-14-17/h11-14,18H,8-10,15H2,1-7H3/t18-/m0/s1. The first-order valence-corrected chi connectivity index (χ1v) is 11.0. The second kappa shape index (κ2) is 8.55. The highest BCUT2D eigenvalue weighted by molar-refractivity contribution is 7.91. The molecule has 0 aliphatic carbocycles. The average Bonchev–Trinajstić information content (AvgIpc) is 2.44. The van der Waals surface area contributed by atoms with E-state index in [4.69, 9.17) is 4.74 Å². The van der Waals surface area contributed by atoms with Gasteiger partial charge in [-0.15, -0.1) is 0 Å². The Bertz CT molecular complexity index is 695. The predicted molar refractivity (Wildman–Crippen MR) is 106 cm³/mol. The third-order valence-corrected chi connectivity index (χ3v) is 6.54. The molecule has 0 aliphatic heterocycles. The monoisotopic (exact) mass is 382 g/mol. The first-order valence-electron chi connectivity index (χ1n) is 9.31. The largest absolute Gasteiger partial charge is 0.460 e. The second-order valence-corrected chi connectivity index (χ2v) is 10.8. The summed E-state index contributed by atoms with van der Waals surface area (Å²) in [4.78, 5) is 13.1. The average molecular weight is 383 g/mol. The molecule has 0 amide bonds. The summed E-state index contributed by atoms with van der Waals surface area (Å²) >= 11 is 0. The molecule has 1 rings (SSSR count). The van der Waals surface area contributed by atoms with E-state index >= 15 is 0 Å². The van der Waals surface area contributed by atoms with Crippen molar-refractivity contribution in [2.24, 2.45) is 11.3 Å². The molecule has 0 aliphatic rings. The van der Waals surface area contributed by atoms with Gasteiger partial charge in [-0.05, 0) is 51.7 Å². The van der Waals surface area contributed by atoms with Crippen LogP contribution >= 0.6 is 0 Å². The molecule has 26 heavy (non-hydrogen) atoms. The van der Waals surface area contributed by atoms with Crippen LogP contribution in [0.3, 0.4) is 0 Å². The molecule has 5 heteroatoms. The zero-order valence-electron chi connectivity index (χ0n) is 17.3. The summed E-state index contributed by atoms with van der Waals surface area (Å²) in [5.74, 6) is -0.853. The zero-order chi connectivity index (χ0) is 20.2. The maximum absolute atomic E-state index is 12.9. The van der Waals surface area contributed by atoms with Crippen molar-refractivity contribution >= 4 is 15.8 Å². The Morgan fingerprint density at radius 2 is 1.62 bits per heavy atom. The summed E-state index contributed by atoms with van der Waals surface area (Å²) in [5, 5.41) is 0. The number of rotatable bonds is 8. The van der Waals surface area contributed by atoms with Crippen LogP contribution in [0.1, 0.15) is 66.4 Å². The summed E-state index contributed by atoms with van der Waals surface area (Å²) < 4.78 is 31.4. The Balaban J connectivity index is 3.10. The minimum Gasteiger partial charge on any atom is -0.460 e. The number of aryl methyl sites for hydroxylation is 1. The lowest BCUT2D eigenvalue weighted by Crippen LogP contribution is -2.40. The fourth-order valence-corrected chi connectivity index (χ4v) is 4.93. The van der Waals surface area contributed by atoms with Crippen molar-refractivity contribution < 1.29 is 17.9 Å². The number of esters is 1. The van der Waals surface area contributed by atoms with Gasteiger partial charge in [-0.1, -0.05) is 51.3 Å². The van der Waals surface area contributed by atoms with Gasteiger partial charge in [0.05, 0.1) is 16.6 Å². The van der Waals surface area contributed by atoms with E-state index in [9.17, 15) is 13.2 Å². The molecule has 0 radical (unpaired) electrons. The lowest BCUT2D eigenvalue weighted by atomic mass is 9.77. The molecule has 148 valence electrons. The Morgan fingerprint density at radius 1 is 1.08 bits per heavy atom. The van der Waals surface area contributed by atoms with E-state index in [1.54, 1.807) is 24.3 Å². The number of unbranched alkanes of at least 4 members (excludes halogenated alkanes) is 1. The van der Waals surface area contributed by atoms with Gasteiger partial charge in [-0.25, -0.2) is 8.42 Å². The quantitative estimate of drug-likeness (QED) is 0.597. The third-order valence-electron chi connectivity index (χ3n) is 4.42. The molecular weight excluding hydrogens is 348 g/mol. The molecule has 1 aromatic rings. The summed E-state index contributed by atoms with van der Waals surface area (Å²) in [5.41, 5.74) is -0.299. The van der Waals surface area contributed by atoms with Crippen molar-refractivity contribution in [1.82, 2.24) is 0 Å². The fraction of sp³-hybridized carbons (Fsp3) is 0.667. The van der Waals surface area contributed by atoms with Crippen molar-refractivity contribution in [2.75, 3.05) is 5.75 Å². The molecule has 0 aromatic heterocycles. The van der Waals surface area contributed by atoms with Crippen LogP contribution in [-0.2, 0) is 19.4 Å². The topological polar surface area (TPSA) is 60.4 Å². The smallest absolute Gasteiger partial charge is 0.310 e. The van der Waals surface area contributed by atoms with Gasteiger partial charge < -0.3 is 4.74 Å². The van der Waals surface area contributed by atoms with E-state index in [2.05, 4.69) is 6.92 Å². The lowest BCUT2D eigenvalue weighted by molar-refractivity contribution is -0.164. The Hall–Kier alpha value is -1.36. The lowest BCUT2D eigenvalue weighted by Gasteiger charge is -2.34. The van der Waals surface area contributed by atoms with E-state index in [-0.39, 0.29) is 11.7 Å². The maximum atomic E-state index is 12.9. The van der Waals surface area contributed by atoms with Gasteiger partial charge in [-0.3, -0.25) is 4.79 Å². The number of hydrogen-bond acceptors (Lipinski definition) is 4. The molecule has 1 atom stereocenters. The Morgan fingerprint density at radius 3 is 2.08 bits per heavy atom. The summed E-state index contributed by atoms with van der Waals surface area (Å²) in [6, 6.07) is 6.86. The molecule has 1 aromatic carbocycles. The summed E-state index contributed by atoms with van der Waals surface area (Å²) in [6.45, 7) is 13.2. The van der Waals surface area contributed by atoms with Crippen molar-refractivity contribution in [2.45, 2.75) is 78.2 Å². The van der Waals surface area contributed by atoms with Gasteiger partial charge in [0.25, 0.3) is 0 Å². The van der Waals surface area contributed by atoms with Crippen molar-refractivity contribution in [1.29, 1.82) is 0 Å². The number of ether oxygens (including phenoxy) is 1. The number of hydrogen-bond donors (Lipinski definition) is 0. The molecule has 0 saturated heterocycles. The highest BCUT2D eigenvalue weighted by Crippen LogP contribution is 2.36. The van der Waals surface area contributed by atoms with Gasteiger partial charge in [-0.2, -0.15) is 0 Å². The Kier molecular flexibility index (Phi) is 7.46. The van der Waals surface area contributed by atoms with Crippen LogP contribution in [-0.4, -0.2) is 25.7 Å². The van der Waals surface area contributed by atoms with E-state index in [0.29, 0.717) is 11.3 Å². The first-order chi connectivity index (χ1) is 11.8. The minimum atomic E-state index is -3.49. The molecule has 0 bridgehead atoms. The number of sulfone groups is 1. The van der Waals surface area contributed by atoms with Crippen LogP contribution < -0.4 is 0 Å². The summed E-state index contributed by atoms with van der Waals surface area (Å²) in [6.07, 6.45) is 2.43. The molecular formula is C21H34O4S. The van der Waals surface area contributed by atoms with Crippen molar-refractivity contribution in [3.8, 4) is 0 Å². The summed E-state index contributed by atoms with van der Waals surface area (Å²) in [7, 11) is -3.49. The molecule has 4 nitrogen and oxygen atoms in total. The zero-order valence-corrected chi connectivity index (χ0v) is 18.1. The van der Waals surface area contributed by atoms with Crippen LogP contribution in [0, 0.1) is 18.3 Å².